The van der Waals surface area contributed by atoms with Crippen molar-refractivity contribution >= 4 is 28.2 Å². The Bertz CT molecular complexity index is 1060. The molecule has 2 aromatic carbocycles. The fourth-order valence-corrected chi connectivity index (χ4v) is 4.97. The van der Waals surface area contributed by atoms with Gasteiger partial charge in [0, 0.05) is 23.5 Å². The molecule has 1 aliphatic rings. The number of carbonyl (C=O) groups is 2. The fourth-order valence-electron chi connectivity index (χ4n) is 3.66. The largest absolute Gasteiger partial charge is 0.462 e. The summed E-state index contributed by atoms with van der Waals surface area (Å²) in [5.74, 6) is -0.596. The van der Waals surface area contributed by atoms with Crippen molar-refractivity contribution in [3.63, 3.8) is 0 Å². The topological polar surface area (TPSA) is 58.6 Å². The SMILES string of the molecule is CCOC(=O)c1c(NC(=O)c2ccc(-c3ccccc3)cc2)sc2c1CCN(C)C2. The summed E-state index contributed by atoms with van der Waals surface area (Å²) in [6, 6.07) is 17.5. The number of hydrogen-bond donors (Lipinski definition) is 1. The summed E-state index contributed by atoms with van der Waals surface area (Å²) in [6.45, 7) is 3.74. The molecule has 1 N–H and O–H groups in total. The van der Waals surface area contributed by atoms with E-state index in [1.165, 1.54) is 11.3 Å². The van der Waals surface area contributed by atoms with E-state index in [0.29, 0.717) is 22.7 Å². The third kappa shape index (κ3) is 4.15. The van der Waals surface area contributed by atoms with Gasteiger partial charge in [-0.15, -0.1) is 11.3 Å². The number of anilines is 1. The van der Waals surface area contributed by atoms with Crippen molar-refractivity contribution in [1.82, 2.24) is 4.90 Å². The van der Waals surface area contributed by atoms with Crippen LogP contribution in [0.5, 0.6) is 0 Å². The number of ether oxygens (including phenoxy) is 1. The van der Waals surface area contributed by atoms with E-state index < -0.39 is 0 Å². The lowest BCUT2D eigenvalue weighted by Gasteiger charge is -2.22. The maximum absolute atomic E-state index is 12.9. The number of benzene rings is 2. The van der Waals surface area contributed by atoms with E-state index >= 15 is 0 Å². The predicted molar refractivity (Wildman–Crippen MR) is 120 cm³/mol. The second-order valence-corrected chi connectivity index (χ2v) is 8.42. The predicted octanol–water partition coefficient (Wildman–Crippen LogP) is 4.83. The number of likely N-dealkylation sites (N-methyl/N-ethyl adjacent to an activating group) is 1. The highest BCUT2D eigenvalue weighted by Gasteiger charge is 2.28. The smallest absolute Gasteiger partial charge is 0.341 e. The summed E-state index contributed by atoms with van der Waals surface area (Å²) in [7, 11) is 2.05. The molecule has 2 heterocycles. The number of carbonyl (C=O) groups excluding carboxylic acids is 2. The van der Waals surface area contributed by atoms with Crippen LogP contribution in [0.2, 0.25) is 0 Å². The Morgan fingerprint density at radius 3 is 2.47 bits per heavy atom. The molecule has 0 aliphatic carbocycles. The Balaban J connectivity index is 1.59. The Morgan fingerprint density at radius 2 is 1.77 bits per heavy atom. The average molecular weight is 421 g/mol. The van der Waals surface area contributed by atoms with Gasteiger partial charge in [0.25, 0.3) is 5.91 Å². The Hall–Kier alpha value is -2.96. The van der Waals surface area contributed by atoms with Crippen molar-refractivity contribution < 1.29 is 14.3 Å². The number of nitrogens with one attached hydrogen (secondary N) is 1. The quantitative estimate of drug-likeness (QED) is 0.601. The first kappa shape index (κ1) is 20.3. The molecule has 1 aromatic heterocycles. The highest BCUT2D eigenvalue weighted by atomic mass is 32.1. The van der Waals surface area contributed by atoms with Crippen molar-refractivity contribution in [1.29, 1.82) is 0 Å². The van der Waals surface area contributed by atoms with E-state index in [2.05, 4.69) is 17.3 Å². The molecule has 154 valence electrons. The van der Waals surface area contributed by atoms with Gasteiger partial charge in [0.05, 0.1) is 12.2 Å². The fraction of sp³-hybridized carbons (Fsp3) is 0.250. The van der Waals surface area contributed by atoms with Crippen molar-refractivity contribution in [3.8, 4) is 11.1 Å². The average Bonchev–Trinajstić information content (AvgIpc) is 3.11. The van der Waals surface area contributed by atoms with Gasteiger partial charge in [0.1, 0.15) is 5.00 Å². The molecule has 0 saturated carbocycles. The maximum atomic E-state index is 12.9. The van der Waals surface area contributed by atoms with Crippen molar-refractivity contribution in [3.05, 3.63) is 76.2 Å². The normalized spacial score (nSPS) is 13.5. The highest BCUT2D eigenvalue weighted by molar-refractivity contribution is 7.17. The lowest BCUT2D eigenvalue weighted by Crippen LogP contribution is -2.26. The zero-order valence-electron chi connectivity index (χ0n) is 17.1. The maximum Gasteiger partial charge on any atom is 0.341 e. The molecular weight excluding hydrogens is 396 g/mol. The van der Waals surface area contributed by atoms with Crippen LogP contribution in [-0.4, -0.2) is 37.0 Å². The van der Waals surface area contributed by atoms with E-state index in [1.807, 2.05) is 54.6 Å². The van der Waals surface area contributed by atoms with E-state index in [-0.39, 0.29) is 11.9 Å². The molecule has 1 aliphatic heterocycles. The summed E-state index contributed by atoms with van der Waals surface area (Å²) < 4.78 is 5.27. The lowest BCUT2D eigenvalue weighted by atomic mass is 10.0. The van der Waals surface area contributed by atoms with Crippen LogP contribution in [0.4, 0.5) is 5.00 Å². The molecule has 6 heteroatoms. The van der Waals surface area contributed by atoms with Gasteiger partial charge in [-0.1, -0.05) is 42.5 Å². The van der Waals surface area contributed by atoms with E-state index in [4.69, 9.17) is 4.74 Å². The lowest BCUT2D eigenvalue weighted by molar-refractivity contribution is 0.0526. The van der Waals surface area contributed by atoms with Crippen molar-refractivity contribution in [2.45, 2.75) is 19.9 Å². The van der Waals surface area contributed by atoms with Gasteiger partial charge in [0.2, 0.25) is 0 Å². The van der Waals surface area contributed by atoms with Crippen LogP contribution in [-0.2, 0) is 17.7 Å². The monoisotopic (exact) mass is 420 g/mol. The van der Waals surface area contributed by atoms with Gasteiger partial charge in [0.15, 0.2) is 0 Å². The van der Waals surface area contributed by atoms with Crippen LogP contribution in [0.3, 0.4) is 0 Å². The molecule has 1 amide bonds. The van der Waals surface area contributed by atoms with Gasteiger partial charge in [-0.3, -0.25) is 4.79 Å². The molecule has 0 atom stereocenters. The van der Waals surface area contributed by atoms with Crippen LogP contribution in [0.25, 0.3) is 11.1 Å². The number of thiophene rings is 1. The molecule has 0 saturated heterocycles. The van der Waals surface area contributed by atoms with E-state index in [9.17, 15) is 9.59 Å². The molecule has 0 unspecified atom stereocenters. The Kier molecular flexibility index (Phi) is 5.97. The highest BCUT2D eigenvalue weighted by Crippen LogP contribution is 2.37. The van der Waals surface area contributed by atoms with Gasteiger partial charge in [-0.25, -0.2) is 4.79 Å². The Morgan fingerprint density at radius 1 is 1.07 bits per heavy atom. The third-order valence-corrected chi connectivity index (χ3v) is 6.34. The summed E-state index contributed by atoms with van der Waals surface area (Å²) in [5, 5.41) is 3.53. The zero-order chi connectivity index (χ0) is 21.1. The molecule has 5 nitrogen and oxygen atoms in total. The van der Waals surface area contributed by atoms with Crippen LogP contribution in [0.1, 0.15) is 38.1 Å². The van der Waals surface area contributed by atoms with E-state index in [1.54, 1.807) is 6.92 Å². The first-order chi connectivity index (χ1) is 14.6. The molecule has 0 bridgehead atoms. The molecule has 0 spiro atoms. The molecule has 0 radical (unpaired) electrons. The first-order valence-corrected chi connectivity index (χ1v) is 10.9. The minimum atomic E-state index is -0.366. The van der Waals surface area contributed by atoms with Crippen molar-refractivity contribution in [2.24, 2.45) is 0 Å². The van der Waals surface area contributed by atoms with Crippen LogP contribution < -0.4 is 5.32 Å². The van der Waals surface area contributed by atoms with Gasteiger partial charge < -0.3 is 15.0 Å². The third-order valence-electron chi connectivity index (χ3n) is 5.21. The summed E-state index contributed by atoms with van der Waals surface area (Å²) in [4.78, 5) is 28.8. The Labute approximate surface area is 180 Å². The zero-order valence-corrected chi connectivity index (χ0v) is 17.9. The second kappa shape index (κ2) is 8.81. The van der Waals surface area contributed by atoms with Gasteiger partial charge in [-0.05, 0) is 49.2 Å². The molecule has 3 aromatic rings. The molecule has 4 rings (SSSR count). The standard InChI is InChI=1S/C24H24N2O3S/c1-3-29-24(28)21-19-13-14-26(2)15-20(19)30-23(21)25-22(27)18-11-9-17(10-12-18)16-7-5-4-6-8-16/h4-12H,3,13-15H2,1-2H3,(H,25,27). The first-order valence-electron chi connectivity index (χ1n) is 10.0. The van der Waals surface area contributed by atoms with Gasteiger partial charge >= 0.3 is 5.97 Å². The van der Waals surface area contributed by atoms with Crippen LogP contribution in [0.15, 0.2) is 54.6 Å². The summed E-state index contributed by atoms with van der Waals surface area (Å²) >= 11 is 1.47. The van der Waals surface area contributed by atoms with Crippen molar-refractivity contribution in [2.75, 3.05) is 25.5 Å². The molecule has 30 heavy (non-hydrogen) atoms. The number of fused-ring (bicyclic) bond motifs is 1. The number of esters is 1. The van der Waals surface area contributed by atoms with Gasteiger partial charge in [-0.2, -0.15) is 0 Å². The number of amides is 1. The summed E-state index contributed by atoms with van der Waals surface area (Å²) in [5.41, 5.74) is 4.22. The van der Waals surface area contributed by atoms with Crippen LogP contribution >= 0.6 is 11.3 Å². The minimum Gasteiger partial charge on any atom is -0.462 e. The van der Waals surface area contributed by atoms with E-state index in [0.717, 1.165) is 41.1 Å². The molecule has 0 fully saturated rings. The van der Waals surface area contributed by atoms with Crippen LogP contribution in [0, 0.1) is 0 Å². The molecular formula is C24H24N2O3S. The minimum absolute atomic E-state index is 0.230. The number of hydrogen-bond acceptors (Lipinski definition) is 5. The number of rotatable bonds is 5. The second-order valence-electron chi connectivity index (χ2n) is 7.31. The number of nitrogens with zero attached hydrogens (tertiary/aromatic N) is 1. The summed E-state index contributed by atoms with van der Waals surface area (Å²) in [6.07, 6.45) is 0.776.